The summed E-state index contributed by atoms with van der Waals surface area (Å²) in [6.45, 7) is 1.99. The third-order valence-corrected chi connectivity index (χ3v) is 5.33. The first-order chi connectivity index (χ1) is 15.0. The number of carbonyl (C=O) groups is 2. The van der Waals surface area contributed by atoms with Crippen LogP contribution in [-0.2, 0) is 16.1 Å². The van der Waals surface area contributed by atoms with Crippen LogP contribution >= 0.6 is 0 Å². The van der Waals surface area contributed by atoms with E-state index < -0.39 is 17.7 Å². The molecule has 0 aliphatic carbocycles. The molecule has 0 bridgehead atoms. The summed E-state index contributed by atoms with van der Waals surface area (Å²) in [5.74, 6) is -0.970. The molecule has 1 aliphatic rings. The number of aliphatic hydroxyl groups excluding tert-OH is 1. The predicted octanol–water partition coefficient (Wildman–Crippen LogP) is 3.42. The van der Waals surface area contributed by atoms with Crippen LogP contribution in [0.15, 0.2) is 72.8 Å². The van der Waals surface area contributed by atoms with Crippen LogP contribution in [0.5, 0.6) is 5.75 Å². The number of hydrogen-bond acceptors (Lipinski definition) is 6. The number of pyridine rings is 2. The molecule has 0 spiro atoms. The summed E-state index contributed by atoms with van der Waals surface area (Å²) in [6.07, 6.45) is 6.48. The van der Waals surface area contributed by atoms with E-state index in [9.17, 15) is 14.7 Å². The number of aromatic nitrogens is 2. The van der Waals surface area contributed by atoms with Crippen molar-refractivity contribution in [2.75, 3.05) is 7.11 Å². The Morgan fingerprint density at radius 3 is 2.52 bits per heavy atom. The molecule has 2 aromatic heterocycles. The standard InChI is InChI=1S/C24H21N3O4/c1-15-12-18(31-2)5-6-19(15)22(28)20-21(17-7-10-25-11-8-17)27(24(30)23(20)29)14-16-4-3-9-26-13-16/h3-13,21,28H,14H2,1-2H3/b22-20+/t21-/m0/s1. The number of benzene rings is 1. The summed E-state index contributed by atoms with van der Waals surface area (Å²) in [6, 6.07) is 11.5. The lowest BCUT2D eigenvalue weighted by Crippen LogP contribution is -2.29. The fraction of sp³-hybridized carbons (Fsp3) is 0.167. The van der Waals surface area contributed by atoms with Crippen LogP contribution < -0.4 is 4.74 Å². The highest BCUT2D eigenvalue weighted by molar-refractivity contribution is 6.46. The Hall–Kier alpha value is -4.00. The first kappa shape index (κ1) is 20.3. The van der Waals surface area contributed by atoms with Crippen LogP contribution in [0.25, 0.3) is 5.76 Å². The number of rotatable bonds is 5. The second kappa shape index (κ2) is 8.39. The summed E-state index contributed by atoms with van der Waals surface area (Å²) in [7, 11) is 1.56. The van der Waals surface area contributed by atoms with Crippen molar-refractivity contribution in [2.45, 2.75) is 19.5 Å². The minimum atomic E-state index is -0.746. The highest BCUT2D eigenvalue weighted by Crippen LogP contribution is 2.40. The molecular weight excluding hydrogens is 394 g/mol. The molecule has 31 heavy (non-hydrogen) atoms. The molecule has 1 saturated heterocycles. The maximum Gasteiger partial charge on any atom is 0.295 e. The maximum absolute atomic E-state index is 13.1. The minimum absolute atomic E-state index is 0.0494. The summed E-state index contributed by atoms with van der Waals surface area (Å²) in [5.41, 5.74) is 2.71. The molecule has 1 amide bonds. The third-order valence-electron chi connectivity index (χ3n) is 5.33. The van der Waals surface area contributed by atoms with Gasteiger partial charge in [-0.1, -0.05) is 6.07 Å². The molecule has 7 nitrogen and oxygen atoms in total. The van der Waals surface area contributed by atoms with E-state index in [0.29, 0.717) is 16.9 Å². The Morgan fingerprint density at radius 2 is 1.87 bits per heavy atom. The molecule has 1 N–H and O–H groups in total. The number of methoxy groups -OCH3 is 1. The van der Waals surface area contributed by atoms with E-state index in [2.05, 4.69) is 9.97 Å². The molecule has 156 valence electrons. The van der Waals surface area contributed by atoms with E-state index in [-0.39, 0.29) is 17.9 Å². The molecule has 1 fully saturated rings. The average Bonchev–Trinajstić information content (AvgIpc) is 3.04. The Bertz CT molecular complexity index is 1160. The first-order valence-electron chi connectivity index (χ1n) is 9.73. The zero-order valence-corrected chi connectivity index (χ0v) is 17.1. The molecule has 1 aliphatic heterocycles. The number of aryl methyl sites for hydroxylation is 1. The van der Waals surface area contributed by atoms with Crippen molar-refractivity contribution in [3.8, 4) is 5.75 Å². The molecule has 1 aromatic carbocycles. The number of amides is 1. The zero-order valence-electron chi connectivity index (χ0n) is 17.1. The predicted molar refractivity (Wildman–Crippen MR) is 114 cm³/mol. The third kappa shape index (κ3) is 3.77. The number of carbonyl (C=O) groups excluding carboxylic acids is 2. The first-order valence-corrected chi connectivity index (χ1v) is 9.73. The molecule has 0 saturated carbocycles. The van der Waals surface area contributed by atoms with Gasteiger partial charge in [0.15, 0.2) is 0 Å². The number of nitrogens with zero attached hydrogens (tertiary/aromatic N) is 3. The quantitative estimate of drug-likeness (QED) is 0.390. The molecule has 3 aromatic rings. The fourth-order valence-corrected chi connectivity index (χ4v) is 3.80. The van der Waals surface area contributed by atoms with Gasteiger partial charge in [-0.25, -0.2) is 0 Å². The van der Waals surface area contributed by atoms with E-state index in [1.807, 2.05) is 13.0 Å². The lowest BCUT2D eigenvalue weighted by atomic mass is 9.94. The van der Waals surface area contributed by atoms with Gasteiger partial charge in [-0.15, -0.1) is 0 Å². The molecule has 0 radical (unpaired) electrons. The van der Waals surface area contributed by atoms with Gasteiger partial charge in [0.05, 0.1) is 18.7 Å². The van der Waals surface area contributed by atoms with Crippen LogP contribution in [0.3, 0.4) is 0 Å². The highest BCUT2D eigenvalue weighted by atomic mass is 16.5. The van der Waals surface area contributed by atoms with Crippen LogP contribution in [0, 0.1) is 6.92 Å². The van der Waals surface area contributed by atoms with Crippen molar-refractivity contribution in [3.05, 3.63) is 95.1 Å². The normalized spacial score (nSPS) is 17.7. The largest absolute Gasteiger partial charge is 0.507 e. The Balaban J connectivity index is 1.86. The Labute approximate surface area is 179 Å². The average molecular weight is 415 g/mol. The minimum Gasteiger partial charge on any atom is -0.507 e. The molecular formula is C24H21N3O4. The van der Waals surface area contributed by atoms with E-state index >= 15 is 0 Å². The molecule has 1 atom stereocenters. The maximum atomic E-state index is 13.1. The Kier molecular flexibility index (Phi) is 5.49. The molecule has 7 heteroatoms. The Morgan fingerprint density at radius 1 is 1.10 bits per heavy atom. The second-order valence-electron chi connectivity index (χ2n) is 7.25. The van der Waals surface area contributed by atoms with E-state index in [1.165, 1.54) is 4.90 Å². The number of hydrogen-bond donors (Lipinski definition) is 1. The van der Waals surface area contributed by atoms with Crippen molar-refractivity contribution in [1.82, 2.24) is 14.9 Å². The molecule has 3 heterocycles. The number of likely N-dealkylation sites (tertiary alicyclic amines) is 1. The van der Waals surface area contributed by atoms with Gasteiger partial charge in [0, 0.05) is 36.9 Å². The van der Waals surface area contributed by atoms with Crippen LogP contribution in [-0.4, -0.2) is 38.8 Å². The van der Waals surface area contributed by atoms with E-state index in [1.54, 1.807) is 68.3 Å². The van der Waals surface area contributed by atoms with Crippen molar-refractivity contribution in [2.24, 2.45) is 0 Å². The van der Waals surface area contributed by atoms with Crippen molar-refractivity contribution >= 4 is 17.4 Å². The zero-order chi connectivity index (χ0) is 22.0. The van der Waals surface area contributed by atoms with E-state index in [4.69, 9.17) is 4.74 Å². The van der Waals surface area contributed by atoms with Gasteiger partial charge in [0.25, 0.3) is 11.7 Å². The second-order valence-corrected chi connectivity index (χ2v) is 7.25. The van der Waals surface area contributed by atoms with Gasteiger partial charge in [-0.2, -0.15) is 0 Å². The van der Waals surface area contributed by atoms with Crippen LogP contribution in [0.4, 0.5) is 0 Å². The van der Waals surface area contributed by atoms with Gasteiger partial charge in [-0.05, 0) is 60.0 Å². The SMILES string of the molecule is COc1ccc(/C(O)=C2\C(=O)C(=O)N(Cc3cccnc3)[C@H]2c2ccncc2)c(C)c1. The molecule has 4 rings (SSSR count). The van der Waals surface area contributed by atoms with E-state index in [0.717, 1.165) is 11.1 Å². The van der Waals surface area contributed by atoms with Crippen molar-refractivity contribution < 1.29 is 19.4 Å². The number of Topliss-reactive ketones (excluding diaryl/α,β-unsaturated/α-hetero) is 1. The van der Waals surface area contributed by atoms with Gasteiger partial charge in [-0.3, -0.25) is 19.6 Å². The van der Waals surface area contributed by atoms with Gasteiger partial charge < -0.3 is 14.7 Å². The van der Waals surface area contributed by atoms with Crippen LogP contribution in [0.2, 0.25) is 0 Å². The lowest BCUT2D eigenvalue weighted by molar-refractivity contribution is -0.140. The number of aliphatic hydroxyl groups is 1. The smallest absolute Gasteiger partial charge is 0.295 e. The number of ketones is 1. The van der Waals surface area contributed by atoms with Gasteiger partial charge in [0.2, 0.25) is 0 Å². The number of ether oxygens (including phenoxy) is 1. The fourth-order valence-electron chi connectivity index (χ4n) is 3.80. The van der Waals surface area contributed by atoms with Crippen molar-refractivity contribution in [1.29, 1.82) is 0 Å². The summed E-state index contributed by atoms with van der Waals surface area (Å²) < 4.78 is 5.23. The lowest BCUT2D eigenvalue weighted by Gasteiger charge is -2.25. The molecule has 0 unspecified atom stereocenters. The van der Waals surface area contributed by atoms with Crippen LogP contribution in [0.1, 0.15) is 28.3 Å². The summed E-state index contributed by atoms with van der Waals surface area (Å²) in [5, 5.41) is 11.2. The van der Waals surface area contributed by atoms with Gasteiger partial charge >= 0.3 is 0 Å². The van der Waals surface area contributed by atoms with Crippen molar-refractivity contribution in [3.63, 3.8) is 0 Å². The monoisotopic (exact) mass is 415 g/mol. The highest BCUT2D eigenvalue weighted by Gasteiger charge is 2.46. The van der Waals surface area contributed by atoms with Gasteiger partial charge in [0.1, 0.15) is 11.5 Å². The summed E-state index contributed by atoms with van der Waals surface area (Å²) >= 11 is 0. The summed E-state index contributed by atoms with van der Waals surface area (Å²) in [4.78, 5) is 35.7. The topological polar surface area (TPSA) is 92.6 Å².